The van der Waals surface area contributed by atoms with Crippen LogP contribution in [0.2, 0.25) is 10.0 Å². The summed E-state index contributed by atoms with van der Waals surface area (Å²) in [4.78, 5) is 27.2. The molecule has 1 heterocycles. The summed E-state index contributed by atoms with van der Waals surface area (Å²) in [5, 5.41) is 11.1. The van der Waals surface area contributed by atoms with Crippen molar-refractivity contribution in [1.29, 1.82) is 0 Å². The number of benzene rings is 2. The molecule has 4 atom stereocenters. The molecule has 1 fully saturated rings. The maximum absolute atomic E-state index is 13.5. The molecule has 31 heavy (non-hydrogen) atoms. The molecule has 5 nitrogen and oxygen atoms in total. The Balaban J connectivity index is 2.20. The topological polar surface area (TPSA) is 66.8 Å². The van der Waals surface area contributed by atoms with E-state index in [0.29, 0.717) is 22.9 Å². The highest BCUT2D eigenvalue weighted by atomic mass is 35.5. The van der Waals surface area contributed by atoms with Crippen LogP contribution < -0.4 is 0 Å². The minimum Gasteiger partial charge on any atom is -0.480 e. The van der Waals surface area contributed by atoms with Gasteiger partial charge in [-0.05, 0) is 41.8 Å². The van der Waals surface area contributed by atoms with Crippen LogP contribution in [0.4, 0.5) is 0 Å². The van der Waals surface area contributed by atoms with Crippen molar-refractivity contribution in [2.45, 2.75) is 50.5 Å². The maximum Gasteiger partial charge on any atom is 0.326 e. The summed E-state index contributed by atoms with van der Waals surface area (Å²) in [6.07, 6.45) is 1.38. The van der Waals surface area contributed by atoms with Crippen molar-refractivity contribution in [2.24, 2.45) is 0 Å². The number of rotatable bonds is 8. The molecule has 164 valence electrons. The standard InChI is InChI=1S/C24H25Cl2NO4/c1-3-6-19(24(29)30)27-21(15-10-12-17(25)13-11-15)22(16-8-5-9-18(26)14-16)31-20(7-4-2)23(27)28/h4-5,8-14,19-22H,2-3,6-7H2,1H3,(H,29,30)/t19?,20-,21+,22-/m1/s1. The van der Waals surface area contributed by atoms with Gasteiger partial charge in [0.1, 0.15) is 18.2 Å². The average molecular weight is 462 g/mol. The first-order chi connectivity index (χ1) is 14.9. The summed E-state index contributed by atoms with van der Waals surface area (Å²) >= 11 is 12.3. The molecule has 1 aliphatic heterocycles. The summed E-state index contributed by atoms with van der Waals surface area (Å²) in [7, 11) is 0. The van der Waals surface area contributed by atoms with E-state index in [1.807, 2.05) is 19.1 Å². The second-order valence-electron chi connectivity index (χ2n) is 7.51. The number of halogens is 2. The Morgan fingerprint density at radius 2 is 1.90 bits per heavy atom. The van der Waals surface area contributed by atoms with Gasteiger partial charge in [-0.25, -0.2) is 4.79 Å². The van der Waals surface area contributed by atoms with Crippen molar-refractivity contribution in [1.82, 2.24) is 4.90 Å². The molecular formula is C24H25Cl2NO4. The Morgan fingerprint density at radius 1 is 1.19 bits per heavy atom. The van der Waals surface area contributed by atoms with Gasteiger partial charge in [-0.1, -0.05) is 66.9 Å². The Bertz CT molecular complexity index is 947. The number of nitrogens with zero attached hydrogens (tertiary/aromatic N) is 1. The maximum atomic E-state index is 13.5. The van der Waals surface area contributed by atoms with Crippen LogP contribution in [0.25, 0.3) is 0 Å². The summed E-state index contributed by atoms with van der Waals surface area (Å²) in [6, 6.07) is 12.6. The molecular weight excluding hydrogens is 437 g/mol. The van der Waals surface area contributed by atoms with Gasteiger partial charge in [-0.15, -0.1) is 6.58 Å². The van der Waals surface area contributed by atoms with Crippen LogP contribution in [0, 0.1) is 0 Å². The molecule has 3 rings (SSSR count). The van der Waals surface area contributed by atoms with Gasteiger partial charge in [0.05, 0.1) is 6.04 Å². The van der Waals surface area contributed by atoms with E-state index < -0.39 is 30.3 Å². The normalized spacial score (nSPS) is 22.2. The number of hydrogen-bond acceptors (Lipinski definition) is 3. The zero-order valence-corrected chi connectivity index (χ0v) is 18.7. The van der Waals surface area contributed by atoms with E-state index in [-0.39, 0.29) is 12.3 Å². The molecule has 0 bridgehead atoms. The number of carboxylic acid groups (broad SMARTS) is 1. The predicted octanol–water partition coefficient (Wildman–Crippen LogP) is 5.83. The first-order valence-corrected chi connectivity index (χ1v) is 10.9. The molecule has 2 aromatic rings. The fourth-order valence-electron chi connectivity index (χ4n) is 4.01. The third-order valence-electron chi connectivity index (χ3n) is 5.38. The number of carboxylic acids is 1. The highest BCUT2D eigenvalue weighted by Gasteiger charge is 2.47. The van der Waals surface area contributed by atoms with Gasteiger partial charge in [0.25, 0.3) is 5.91 Å². The molecule has 0 saturated carbocycles. The SMILES string of the molecule is C=CC[C@H]1O[C@H](c2cccc(Cl)c2)[C@H](c2ccc(Cl)cc2)N(C(CCC)C(=O)O)C1=O. The van der Waals surface area contributed by atoms with Gasteiger partial charge in [-0.3, -0.25) is 4.79 Å². The van der Waals surface area contributed by atoms with Gasteiger partial charge in [0.15, 0.2) is 0 Å². The zero-order chi connectivity index (χ0) is 22.5. The molecule has 1 aliphatic rings. The minimum atomic E-state index is -1.04. The number of morpholine rings is 1. The highest BCUT2D eigenvalue weighted by Crippen LogP contribution is 2.44. The van der Waals surface area contributed by atoms with Gasteiger partial charge < -0.3 is 14.7 Å². The largest absolute Gasteiger partial charge is 0.480 e. The van der Waals surface area contributed by atoms with Crippen molar-refractivity contribution < 1.29 is 19.4 Å². The quantitative estimate of drug-likeness (QED) is 0.501. The molecule has 7 heteroatoms. The minimum absolute atomic E-state index is 0.276. The van der Waals surface area contributed by atoms with Crippen LogP contribution in [-0.4, -0.2) is 34.0 Å². The van der Waals surface area contributed by atoms with Gasteiger partial charge >= 0.3 is 5.97 Å². The van der Waals surface area contributed by atoms with Crippen molar-refractivity contribution >= 4 is 35.1 Å². The number of carbonyl (C=O) groups excluding carboxylic acids is 1. The molecule has 0 spiro atoms. The van der Waals surface area contributed by atoms with Crippen LogP contribution in [0.3, 0.4) is 0 Å². The van der Waals surface area contributed by atoms with Crippen molar-refractivity contribution in [3.63, 3.8) is 0 Å². The zero-order valence-electron chi connectivity index (χ0n) is 17.2. The van der Waals surface area contributed by atoms with E-state index >= 15 is 0 Å². The van der Waals surface area contributed by atoms with E-state index in [2.05, 4.69) is 6.58 Å². The molecule has 1 amide bonds. The lowest BCUT2D eigenvalue weighted by molar-refractivity contribution is -0.184. The van der Waals surface area contributed by atoms with Crippen LogP contribution in [0.5, 0.6) is 0 Å². The Morgan fingerprint density at radius 3 is 2.48 bits per heavy atom. The van der Waals surface area contributed by atoms with Crippen LogP contribution in [0.15, 0.2) is 61.2 Å². The smallest absolute Gasteiger partial charge is 0.326 e. The van der Waals surface area contributed by atoms with Gasteiger partial charge in [0, 0.05) is 16.5 Å². The van der Waals surface area contributed by atoms with E-state index in [1.165, 1.54) is 4.90 Å². The number of carbonyl (C=O) groups is 2. The fourth-order valence-corrected chi connectivity index (χ4v) is 4.33. The molecule has 1 saturated heterocycles. The third kappa shape index (κ3) is 5.12. The molecule has 2 aromatic carbocycles. The Hall–Kier alpha value is -2.34. The van der Waals surface area contributed by atoms with Crippen LogP contribution >= 0.6 is 23.2 Å². The van der Waals surface area contributed by atoms with E-state index in [9.17, 15) is 14.7 Å². The van der Waals surface area contributed by atoms with E-state index in [1.54, 1.807) is 42.5 Å². The summed E-state index contributed by atoms with van der Waals surface area (Å²) < 4.78 is 6.27. The van der Waals surface area contributed by atoms with Crippen molar-refractivity contribution in [3.05, 3.63) is 82.4 Å². The molecule has 0 radical (unpaired) electrons. The van der Waals surface area contributed by atoms with E-state index in [4.69, 9.17) is 27.9 Å². The number of amides is 1. The van der Waals surface area contributed by atoms with E-state index in [0.717, 1.165) is 11.1 Å². The van der Waals surface area contributed by atoms with Gasteiger partial charge in [0.2, 0.25) is 0 Å². The number of aliphatic carboxylic acids is 1. The lowest BCUT2D eigenvalue weighted by Gasteiger charge is -2.47. The second-order valence-corrected chi connectivity index (χ2v) is 8.38. The molecule has 1 unspecified atom stereocenters. The van der Waals surface area contributed by atoms with Crippen molar-refractivity contribution in [2.75, 3.05) is 0 Å². The summed E-state index contributed by atoms with van der Waals surface area (Å²) in [5.41, 5.74) is 1.50. The molecule has 0 aromatic heterocycles. The third-order valence-corrected chi connectivity index (χ3v) is 5.87. The number of ether oxygens (including phenoxy) is 1. The fraction of sp³-hybridized carbons (Fsp3) is 0.333. The predicted molar refractivity (Wildman–Crippen MR) is 121 cm³/mol. The lowest BCUT2D eigenvalue weighted by Crippen LogP contribution is -2.56. The van der Waals surface area contributed by atoms with Crippen LogP contribution in [0.1, 0.15) is 49.5 Å². The second kappa shape index (κ2) is 10.3. The first-order valence-electron chi connectivity index (χ1n) is 10.2. The van der Waals surface area contributed by atoms with Gasteiger partial charge in [-0.2, -0.15) is 0 Å². The summed E-state index contributed by atoms with van der Waals surface area (Å²) in [5.74, 6) is -1.41. The Kier molecular flexibility index (Phi) is 7.76. The average Bonchev–Trinajstić information content (AvgIpc) is 2.74. The monoisotopic (exact) mass is 461 g/mol. The first kappa shape index (κ1) is 23.3. The molecule has 1 N–H and O–H groups in total. The lowest BCUT2D eigenvalue weighted by atomic mass is 9.89. The number of hydrogen-bond donors (Lipinski definition) is 1. The van der Waals surface area contributed by atoms with Crippen LogP contribution in [-0.2, 0) is 14.3 Å². The molecule has 0 aliphatic carbocycles. The summed E-state index contributed by atoms with van der Waals surface area (Å²) in [6.45, 7) is 5.62. The van der Waals surface area contributed by atoms with Crippen molar-refractivity contribution in [3.8, 4) is 0 Å². The Labute approximate surface area is 192 Å². The highest BCUT2D eigenvalue weighted by molar-refractivity contribution is 6.30.